The molecule has 0 aromatic heterocycles. The van der Waals surface area contributed by atoms with E-state index in [1.165, 1.54) is 51.0 Å². The van der Waals surface area contributed by atoms with Crippen LogP contribution in [0.5, 0.6) is 5.75 Å². The molecule has 0 radical (unpaired) electrons. The minimum absolute atomic E-state index is 0. The first-order valence-electron chi connectivity index (χ1n) is 10.4. The third-order valence-electron chi connectivity index (χ3n) is 5.59. The third-order valence-corrected chi connectivity index (χ3v) is 5.59. The number of aliphatic imine (C=N–C) groups is 1. The highest BCUT2D eigenvalue weighted by atomic mass is 127. The van der Waals surface area contributed by atoms with Crippen LogP contribution in [0.15, 0.2) is 29.3 Å². The molecule has 1 aromatic carbocycles. The number of ether oxygens (including phenoxy) is 1. The second-order valence-corrected chi connectivity index (χ2v) is 7.41. The molecule has 0 bridgehead atoms. The molecule has 1 N–H and O–H groups in total. The summed E-state index contributed by atoms with van der Waals surface area (Å²) in [6.45, 7) is 8.84. The van der Waals surface area contributed by atoms with Gasteiger partial charge in [-0.15, -0.1) is 24.0 Å². The van der Waals surface area contributed by atoms with E-state index in [1.807, 2.05) is 13.1 Å². The lowest BCUT2D eigenvalue weighted by molar-refractivity contribution is 0.329. The number of piperazine rings is 1. The molecule has 0 amide bonds. The lowest BCUT2D eigenvalue weighted by Gasteiger charge is -2.37. The van der Waals surface area contributed by atoms with Crippen LogP contribution >= 0.6 is 24.0 Å². The summed E-state index contributed by atoms with van der Waals surface area (Å²) in [4.78, 5) is 11.9. The van der Waals surface area contributed by atoms with Gasteiger partial charge in [-0.05, 0) is 57.5 Å². The van der Waals surface area contributed by atoms with Gasteiger partial charge >= 0.3 is 0 Å². The number of likely N-dealkylation sites (tertiary alicyclic amines) is 1. The minimum atomic E-state index is 0. The Morgan fingerprint density at radius 2 is 1.82 bits per heavy atom. The second-order valence-electron chi connectivity index (χ2n) is 7.41. The maximum absolute atomic E-state index is 5.35. The van der Waals surface area contributed by atoms with Gasteiger partial charge in [0, 0.05) is 51.5 Å². The lowest BCUT2D eigenvalue weighted by Crippen LogP contribution is -2.52. The van der Waals surface area contributed by atoms with Crippen LogP contribution in [-0.2, 0) is 0 Å². The van der Waals surface area contributed by atoms with Gasteiger partial charge < -0.3 is 24.8 Å². The number of methoxy groups -OCH3 is 1. The molecule has 0 spiro atoms. The summed E-state index contributed by atoms with van der Waals surface area (Å²) in [5.74, 6) is 1.96. The fraction of sp³-hybridized carbons (Fsp3) is 0.667. The predicted molar refractivity (Wildman–Crippen MR) is 128 cm³/mol. The summed E-state index contributed by atoms with van der Waals surface area (Å²) in [5, 5.41) is 3.56. The molecular formula is C21H36IN5O. The van der Waals surface area contributed by atoms with Crippen LogP contribution in [0.1, 0.15) is 25.7 Å². The number of hydrogen-bond acceptors (Lipinski definition) is 4. The van der Waals surface area contributed by atoms with Crippen LogP contribution in [0, 0.1) is 0 Å². The maximum Gasteiger partial charge on any atom is 0.193 e. The van der Waals surface area contributed by atoms with Gasteiger partial charge in [-0.2, -0.15) is 0 Å². The average Bonchev–Trinajstić information content (AvgIpc) is 3.24. The Hall–Kier alpha value is -1.22. The van der Waals surface area contributed by atoms with Crippen LogP contribution in [0.3, 0.4) is 0 Å². The van der Waals surface area contributed by atoms with Crippen molar-refractivity contribution in [2.45, 2.75) is 25.7 Å². The van der Waals surface area contributed by atoms with Crippen LogP contribution in [-0.4, -0.2) is 82.3 Å². The summed E-state index contributed by atoms with van der Waals surface area (Å²) >= 11 is 0. The molecule has 2 saturated heterocycles. The van der Waals surface area contributed by atoms with Crippen LogP contribution < -0.4 is 15.0 Å². The molecule has 2 heterocycles. The molecule has 0 unspecified atom stereocenters. The first kappa shape index (κ1) is 23.1. The van der Waals surface area contributed by atoms with E-state index in [1.54, 1.807) is 7.11 Å². The summed E-state index contributed by atoms with van der Waals surface area (Å²) in [6.07, 6.45) is 5.24. The Morgan fingerprint density at radius 3 is 2.50 bits per heavy atom. The van der Waals surface area contributed by atoms with Crippen molar-refractivity contribution in [2.75, 3.05) is 71.4 Å². The van der Waals surface area contributed by atoms with Crippen LogP contribution in [0.4, 0.5) is 5.69 Å². The molecule has 0 aliphatic carbocycles. The summed E-state index contributed by atoms with van der Waals surface area (Å²) in [6, 6.07) is 8.33. The number of anilines is 1. The molecule has 2 aliphatic rings. The van der Waals surface area contributed by atoms with Crippen LogP contribution in [0.25, 0.3) is 0 Å². The molecule has 28 heavy (non-hydrogen) atoms. The van der Waals surface area contributed by atoms with E-state index in [0.717, 1.165) is 44.4 Å². The normalized spacial score (nSPS) is 18.1. The zero-order chi connectivity index (χ0) is 18.9. The quantitative estimate of drug-likeness (QED) is 0.270. The van der Waals surface area contributed by atoms with E-state index in [4.69, 9.17) is 4.74 Å². The van der Waals surface area contributed by atoms with Crippen molar-refractivity contribution in [1.82, 2.24) is 15.1 Å². The fourth-order valence-electron chi connectivity index (χ4n) is 3.98. The molecule has 2 aliphatic heterocycles. The van der Waals surface area contributed by atoms with Crippen molar-refractivity contribution < 1.29 is 4.74 Å². The molecular weight excluding hydrogens is 465 g/mol. The largest absolute Gasteiger partial charge is 0.497 e. The number of nitrogens with one attached hydrogen (secondary N) is 1. The van der Waals surface area contributed by atoms with Crippen molar-refractivity contribution in [3.05, 3.63) is 24.3 Å². The van der Waals surface area contributed by atoms with Gasteiger partial charge in [0.2, 0.25) is 0 Å². The molecule has 3 rings (SSSR count). The van der Waals surface area contributed by atoms with Crippen LogP contribution in [0.2, 0.25) is 0 Å². The maximum atomic E-state index is 5.35. The van der Waals surface area contributed by atoms with Gasteiger partial charge in [0.05, 0.1) is 7.11 Å². The Kier molecular flexibility index (Phi) is 10.2. The predicted octanol–water partition coefficient (Wildman–Crippen LogP) is 2.89. The van der Waals surface area contributed by atoms with E-state index < -0.39 is 0 Å². The standard InChI is InChI=1S/C21H35N5O.HI/c1-22-21(23-10-3-4-11-24-12-5-6-13-24)26-16-14-25(15-17-26)19-8-7-9-20(18-19)27-2;/h7-9,18H,3-6,10-17H2,1-2H3,(H,22,23);1H. The van der Waals surface area contributed by atoms with Gasteiger partial charge in [0.15, 0.2) is 5.96 Å². The zero-order valence-corrected chi connectivity index (χ0v) is 19.7. The van der Waals surface area contributed by atoms with E-state index in [0.29, 0.717) is 0 Å². The van der Waals surface area contributed by atoms with Gasteiger partial charge in [-0.25, -0.2) is 0 Å². The first-order chi connectivity index (χ1) is 13.3. The Labute approximate surface area is 187 Å². The monoisotopic (exact) mass is 501 g/mol. The number of guanidine groups is 1. The molecule has 0 saturated carbocycles. The number of unbranched alkanes of at least 4 members (excludes halogenated alkanes) is 1. The van der Waals surface area contributed by atoms with E-state index >= 15 is 0 Å². The third kappa shape index (κ3) is 6.69. The van der Waals surface area contributed by atoms with Crippen molar-refractivity contribution in [1.29, 1.82) is 0 Å². The van der Waals surface area contributed by atoms with Gasteiger partial charge in [-0.3, -0.25) is 4.99 Å². The summed E-state index contributed by atoms with van der Waals surface area (Å²) in [7, 11) is 3.61. The molecule has 6 nitrogen and oxygen atoms in total. The van der Waals surface area contributed by atoms with Gasteiger partial charge in [0.1, 0.15) is 5.75 Å². The molecule has 158 valence electrons. The van der Waals surface area contributed by atoms with Crippen molar-refractivity contribution >= 4 is 35.6 Å². The smallest absolute Gasteiger partial charge is 0.193 e. The molecule has 7 heteroatoms. The Bertz CT molecular complexity index is 598. The van der Waals surface area contributed by atoms with E-state index in [9.17, 15) is 0 Å². The topological polar surface area (TPSA) is 43.3 Å². The van der Waals surface area contributed by atoms with Crippen molar-refractivity contribution in [3.63, 3.8) is 0 Å². The average molecular weight is 501 g/mol. The van der Waals surface area contributed by atoms with E-state index in [2.05, 4.69) is 43.2 Å². The number of benzene rings is 1. The van der Waals surface area contributed by atoms with Crippen molar-refractivity contribution in [2.24, 2.45) is 4.99 Å². The van der Waals surface area contributed by atoms with E-state index in [-0.39, 0.29) is 24.0 Å². The van der Waals surface area contributed by atoms with Gasteiger partial charge in [-0.1, -0.05) is 6.07 Å². The Balaban J connectivity index is 0.00000280. The SMILES string of the molecule is CN=C(NCCCCN1CCCC1)N1CCN(c2cccc(OC)c2)CC1.I. The summed E-state index contributed by atoms with van der Waals surface area (Å²) < 4.78 is 5.35. The molecule has 2 fully saturated rings. The zero-order valence-electron chi connectivity index (χ0n) is 17.4. The van der Waals surface area contributed by atoms with Gasteiger partial charge in [0.25, 0.3) is 0 Å². The highest BCUT2D eigenvalue weighted by Gasteiger charge is 2.20. The highest BCUT2D eigenvalue weighted by molar-refractivity contribution is 14.0. The number of hydrogen-bond donors (Lipinski definition) is 1. The number of rotatable bonds is 7. The Morgan fingerprint density at radius 1 is 1.07 bits per heavy atom. The first-order valence-corrected chi connectivity index (χ1v) is 10.4. The second kappa shape index (κ2) is 12.4. The lowest BCUT2D eigenvalue weighted by atomic mass is 10.2. The number of nitrogens with zero attached hydrogens (tertiary/aromatic N) is 4. The number of halogens is 1. The summed E-state index contributed by atoms with van der Waals surface area (Å²) in [5.41, 5.74) is 1.24. The fourth-order valence-corrected chi connectivity index (χ4v) is 3.98. The molecule has 0 atom stereocenters. The molecule has 1 aromatic rings. The highest BCUT2D eigenvalue weighted by Crippen LogP contribution is 2.22. The minimum Gasteiger partial charge on any atom is -0.497 e. The van der Waals surface area contributed by atoms with Crippen molar-refractivity contribution in [3.8, 4) is 5.75 Å².